The normalized spacial score (nSPS) is 14.3. The van der Waals surface area contributed by atoms with E-state index < -0.39 is 20.4 Å². The van der Waals surface area contributed by atoms with Gasteiger partial charge in [0.15, 0.2) is 8.32 Å². The first-order valence-electron chi connectivity index (χ1n) is 9.83. The average molecular weight is 433 g/mol. The predicted octanol–water partition coefficient (Wildman–Crippen LogP) is 4.16. The molecular formula is C21H32BNO4SSi. The molecule has 0 fully saturated rings. The van der Waals surface area contributed by atoms with E-state index in [1.165, 1.54) is 17.6 Å². The Hall–Kier alpha value is -1.32. The molecule has 1 aromatic carbocycles. The van der Waals surface area contributed by atoms with Crippen LogP contribution in [0.3, 0.4) is 0 Å². The van der Waals surface area contributed by atoms with Crippen molar-refractivity contribution >= 4 is 32.9 Å². The van der Waals surface area contributed by atoms with Crippen LogP contribution in [0.15, 0.2) is 48.8 Å². The van der Waals surface area contributed by atoms with E-state index in [1.54, 1.807) is 30.5 Å². The Bertz CT molecular complexity index is 769. The minimum absolute atomic E-state index is 0.0854. The van der Waals surface area contributed by atoms with Gasteiger partial charge in [0.2, 0.25) is 0 Å². The summed E-state index contributed by atoms with van der Waals surface area (Å²) in [5, 5.41) is 18.6. The van der Waals surface area contributed by atoms with Crippen molar-refractivity contribution in [3.05, 3.63) is 54.4 Å². The van der Waals surface area contributed by atoms with Crippen LogP contribution >= 0.6 is 12.0 Å². The molecule has 29 heavy (non-hydrogen) atoms. The van der Waals surface area contributed by atoms with Crippen LogP contribution in [0, 0.1) is 0 Å². The number of hydrogen-bond acceptors (Lipinski definition) is 6. The Labute approximate surface area is 180 Å². The minimum atomic E-state index is -2.02. The van der Waals surface area contributed by atoms with Gasteiger partial charge < -0.3 is 18.7 Å². The van der Waals surface area contributed by atoms with Gasteiger partial charge in [-0.1, -0.05) is 39.0 Å². The maximum atomic E-state index is 9.24. The molecule has 0 bridgehead atoms. The lowest BCUT2D eigenvalue weighted by atomic mass is 9.80. The van der Waals surface area contributed by atoms with Crippen LogP contribution in [0.2, 0.25) is 18.1 Å². The lowest BCUT2D eigenvalue weighted by molar-refractivity contribution is 0.150. The number of hydrogen-bond donors (Lipinski definition) is 2. The topological polar surface area (TPSA) is 71.8 Å². The number of rotatable bonds is 9. The van der Waals surface area contributed by atoms with Crippen molar-refractivity contribution in [2.24, 2.45) is 0 Å². The molecule has 0 radical (unpaired) electrons. The van der Waals surface area contributed by atoms with Gasteiger partial charge in [0, 0.05) is 12.4 Å². The Kier molecular flexibility index (Phi) is 7.98. The molecule has 2 rings (SSSR count). The summed E-state index contributed by atoms with van der Waals surface area (Å²) in [6, 6.07) is 10.8. The molecule has 0 saturated carbocycles. The van der Waals surface area contributed by atoms with Gasteiger partial charge in [-0.2, -0.15) is 0 Å². The third kappa shape index (κ3) is 7.15. The van der Waals surface area contributed by atoms with Crippen LogP contribution in [0.5, 0.6) is 5.75 Å². The van der Waals surface area contributed by atoms with Gasteiger partial charge >= 0.3 is 7.12 Å². The van der Waals surface area contributed by atoms with Crippen molar-refractivity contribution in [1.82, 2.24) is 4.98 Å². The maximum absolute atomic E-state index is 9.24. The Balaban J connectivity index is 2.14. The summed E-state index contributed by atoms with van der Waals surface area (Å²) in [5.41, 5.74) is 1.60. The minimum Gasteiger partial charge on any atom is -0.423 e. The predicted molar refractivity (Wildman–Crippen MR) is 124 cm³/mol. The Morgan fingerprint density at radius 1 is 1.07 bits per heavy atom. The number of aryl methyl sites for hydroxylation is 1. The third-order valence-electron chi connectivity index (χ3n) is 5.36. The van der Waals surface area contributed by atoms with Gasteiger partial charge in [0.25, 0.3) is 0 Å². The quantitative estimate of drug-likeness (QED) is 0.352. The van der Waals surface area contributed by atoms with Crippen molar-refractivity contribution in [2.45, 2.75) is 63.6 Å². The van der Waals surface area contributed by atoms with Gasteiger partial charge in [-0.3, -0.25) is 4.98 Å². The van der Waals surface area contributed by atoms with Crippen molar-refractivity contribution in [3.8, 4) is 5.75 Å². The van der Waals surface area contributed by atoms with Crippen LogP contribution in [0.4, 0.5) is 0 Å². The van der Waals surface area contributed by atoms with E-state index in [4.69, 9.17) is 8.61 Å². The van der Waals surface area contributed by atoms with Crippen molar-refractivity contribution in [1.29, 1.82) is 0 Å². The van der Waals surface area contributed by atoms with Gasteiger partial charge in [-0.15, -0.1) is 0 Å². The van der Waals surface area contributed by atoms with Gasteiger partial charge in [-0.05, 0) is 67.1 Å². The zero-order valence-corrected chi connectivity index (χ0v) is 20.0. The molecule has 0 spiro atoms. The Morgan fingerprint density at radius 3 is 2.24 bits per heavy atom. The fourth-order valence-electron chi connectivity index (χ4n) is 2.55. The lowest BCUT2D eigenvalue weighted by Gasteiger charge is -2.43. The van der Waals surface area contributed by atoms with Gasteiger partial charge in [-0.25, -0.2) is 0 Å². The van der Waals surface area contributed by atoms with E-state index >= 15 is 0 Å². The second-order valence-electron chi connectivity index (χ2n) is 8.97. The molecule has 0 aliphatic carbocycles. The fraction of sp³-hybridized carbons (Fsp3) is 0.476. The highest BCUT2D eigenvalue weighted by molar-refractivity contribution is 7.96. The second-order valence-corrected chi connectivity index (χ2v) is 14.9. The summed E-state index contributed by atoms with van der Waals surface area (Å²) in [6.07, 6.45) is 5.28. The molecule has 1 aromatic heterocycles. The smallest absolute Gasteiger partial charge is 0.423 e. The number of aromatic nitrogens is 1. The molecular weight excluding hydrogens is 401 g/mol. The van der Waals surface area contributed by atoms with Crippen LogP contribution < -0.4 is 9.65 Å². The fourth-order valence-corrected chi connectivity index (χ4v) is 5.37. The van der Waals surface area contributed by atoms with E-state index in [1.807, 2.05) is 12.3 Å². The van der Waals surface area contributed by atoms with Crippen molar-refractivity contribution < 1.29 is 18.7 Å². The average Bonchev–Trinajstić information content (AvgIpc) is 2.65. The lowest BCUT2D eigenvalue weighted by Crippen LogP contribution is -2.47. The van der Waals surface area contributed by atoms with Crippen molar-refractivity contribution in [3.63, 3.8) is 0 Å². The second kappa shape index (κ2) is 9.66. The van der Waals surface area contributed by atoms with Crippen LogP contribution in [0.25, 0.3) is 0 Å². The Morgan fingerprint density at radius 2 is 1.72 bits per heavy atom. The molecule has 1 atom stereocenters. The number of benzene rings is 1. The maximum Gasteiger partial charge on any atom is 0.488 e. The van der Waals surface area contributed by atoms with E-state index in [2.05, 4.69) is 51.8 Å². The van der Waals surface area contributed by atoms with E-state index in [0.717, 1.165) is 12.8 Å². The van der Waals surface area contributed by atoms with Crippen LogP contribution in [-0.4, -0.2) is 35.4 Å². The van der Waals surface area contributed by atoms with E-state index in [0.29, 0.717) is 11.2 Å². The number of pyridine rings is 1. The summed E-state index contributed by atoms with van der Waals surface area (Å²) in [4.78, 5) is 3.67. The molecule has 0 saturated heterocycles. The molecule has 0 unspecified atom stereocenters. The molecule has 0 aliphatic heterocycles. The monoisotopic (exact) mass is 433 g/mol. The molecule has 2 N–H and O–H groups in total. The molecule has 0 amide bonds. The van der Waals surface area contributed by atoms with Crippen LogP contribution in [-0.2, 0) is 10.8 Å². The highest BCUT2D eigenvalue weighted by atomic mass is 32.2. The number of nitrogens with zero attached hydrogens (tertiary/aromatic N) is 1. The zero-order chi connectivity index (χ0) is 21.7. The van der Waals surface area contributed by atoms with Crippen molar-refractivity contribution in [2.75, 3.05) is 0 Å². The SMILES string of the molecule is CC(C)(C)[Si](C)(C)O[C@@](C)(CCc1cccnc1)SOc1ccc(B(O)O)cc1. The van der Waals surface area contributed by atoms with E-state index in [-0.39, 0.29) is 5.04 Å². The molecule has 158 valence electrons. The van der Waals surface area contributed by atoms with E-state index in [9.17, 15) is 10.0 Å². The summed E-state index contributed by atoms with van der Waals surface area (Å²) >= 11 is 1.32. The molecule has 1 heterocycles. The first kappa shape index (κ1) is 24.0. The van der Waals surface area contributed by atoms with Gasteiger partial charge in [0.1, 0.15) is 10.7 Å². The standard InChI is InChI=1S/C21H32BNO4SSi/c1-20(2,3)29(5,6)27-21(4,14-13-17-8-7-15-23-16-17)28-26-19-11-9-18(10-12-19)22(24)25/h7-12,15-16,24-25H,13-14H2,1-6H3/t21-/m1/s1. The summed E-state index contributed by atoms with van der Waals surface area (Å²) in [6.45, 7) is 13.3. The summed E-state index contributed by atoms with van der Waals surface area (Å²) in [5.74, 6) is 0.644. The first-order chi connectivity index (χ1) is 13.4. The molecule has 0 aliphatic rings. The summed E-state index contributed by atoms with van der Waals surface area (Å²) < 4.78 is 12.8. The third-order valence-corrected chi connectivity index (χ3v) is 11.0. The highest BCUT2D eigenvalue weighted by Gasteiger charge is 2.44. The zero-order valence-electron chi connectivity index (χ0n) is 18.2. The van der Waals surface area contributed by atoms with Crippen LogP contribution in [0.1, 0.15) is 39.7 Å². The molecule has 8 heteroatoms. The highest BCUT2D eigenvalue weighted by Crippen LogP contribution is 2.44. The summed E-state index contributed by atoms with van der Waals surface area (Å²) in [7, 11) is -3.51. The molecule has 2 aromatic rings. The molecule has 5 nitrogen and oxygen atoms in total. The first-order valence-corrected chi connectivity index (χ1v) is 13.5. The van der Waals surface area contributed by atoms with Gasteiger partial charge in [0.05, 0.1) is 12.0 Å². The largest absolute Gasteiger partial charge is 0.488 e.